The molecule has 0 radical (unpaired) electrons. The van der Waals surface area contributed by atoms with Crippen LogP contribution in [0.1, 0.15) is 25.7 Å². The van der Waals surface area contributed by atoms with Gasteiger partial charge in [0, 0.05) is 5.57 Å². The number of aliphatic carboxylic acids is 1. The molecule has 0 aliphatic heterocycles. The Labute approximate surface area is 128 Å². The van der Waals surface area contributed by atoms with Crippen LogP contribution in [-0.4, -0.2) is 34.1 Å². The molecule has 0 amide bonds. The van der Waals surface area contributed by atoms with Gasteiger partial charge in [-0.25, -0.2) is 4.79 Å². The molecule has 4 unspecified atom stereocenters. The van der Waals surface area contributed by atoms with Crippen LogP contribution in [0.15, 0.2) is 12.2 Å². The largest absolute Gasteiger partial charge is 0.478 e. The molecule has 0 heterocycles. The zero-order chi connectivity index (χ0) is 17.8. The first-order valence-corrected chi connectivity index (χ1v) is 7.06. The van der Waals surface area contributed by atoms with Crippen molar-refractivity contribution in [2.45, 2.75) is 43.6 Å². The van der Waals surface area contributed by atoms with Crippen molar-refractivity contribution in [3.8, 4) is 0 Å². The Bertz CT molecular complexity index is 496. The van der Waals surface area contributed by atoms with E-state index in [1.54, 1.807) is 0 Å². The van der Waals surface area contributed by atoms with Crippen LogP contribution < -0.4 is 0 Å². The fraction of sp³-hybridized carbons (Fsp3) is 0.786. The maximum absolute atomic E-state index is 12.8. The van der Waals surface area contributed by atoms with Crippen molar-refractivity contribution in [2.75, 3.05) is 0 Å². The predicted molar refractivity (Wildman–Crippen MR) is 66.3 cm³/mol. The highest BCUT2D eigenvalue weighted by Crippen LogP contribution is 2.58. The molecule has 2 rings (SSSR count). The molecule has 2 aliphatic carbocycles. The van der Waals surface area contributed by atoms with Gasteiger partial charge in [0.2, 0.25) is 0 Å². The molecule has 4 atom stereocenters. The molecule has 0 aromatic heterocycles. The van der Waals surface area contributed by atoms with Crippen LogP contribution in [0.3, 0.4) is 0 Å². The van der Waals surface area contributed by atoms with Crippen molar-refractivity contribution >= 4 is 5.97 Å². The zero-order valence-corrected chi connectivity index (χ0v) is 11.9. The lowest BCUT2D eigenvalue weighted by atomic mass is 9.72. The summed E-state index contributed by atoms with van der Waals surface area (Å²) < 4.78 is 76.8. The first kappa shape index (κ1) is 18.1. The normalized spacial score (nSPS) is 31.4. The van der Waals surface area contributed by atoms with E-state index >= 15 is 0 Å². The smallest absolute Gasteiger partial charge is 0.426 e. The number of aliphatic hydroxyl groups is 1. The van der Waals surface area contributed by atoms with Crippen molar-refractivity contribution in [3.05, 3.63) is 12.2 Å². The van der Waals surface area contributed by atoms with Crippen LogP contribution in [0.2, 0.25) is 0 Å². The molecule has 2 saturated carbocycles. The van der Waals surface area contributed by atoms with Crippen LogP contribution >= 0.6 is 0 Å². The summed E-state index contributed by atoms with van der Waals surface area (Å²) in [6.07, 6.45) is -12.3. The topological polar surface area (TPSA) is 57.5 Å². The summed E-state index contributed by atoms with van der Waals surface area (Å²) >= 11 is 0. The summed E-state index contributed by atoms with van der Waals surface area (Å²) in [5, 5.41) is 18.3. The SMILES string of the molecule is C=C(C(=O)O)C1CC2CC(CC(O)(C(F)(F)F)C(F)(F)F)C1C2. The monoisotopic (exact) mass is 346 g/mol. The summed E-state index contributed by atoms with van der Waals surface area (Å²) in [4.78, 5) is 11.0. The maximum Gasteiger partial charge on any atom is 0.426 e. The van der Waals surface area contributed by atoms with Gasteiger partial charge < -0.3 is 10.2 Å². The van der Waals surface area contributed by atoms with Gasteiger partial charge in [0.05, 0.1) is 0 Å². The van der Waals surface area contributed by atoms with Gasteiger partial charge in [-0.15, -0.1) is 0 Å². The Balaban J connectivity index is 2.23. The number of carbonyl (C=O) groups is 1. The molecule has 0 aromatic rings. The third-order valence-corrected chi connectivity index (χ3v) is 5.17. The minimum atomic E-state index is -5.84. The van der Waals surface area contributed by atoms with E-state index in [4.69, 9.17) is 5.11 Å². The number of hydrogen-bond acceptors (Lipinski definition) is 2. The van der Waals surface area contributed by atoms with Gasteiger partial charge in [-0.1, -0.05) is 6.58 Å². The molecular weight excluding hydrogens is 330 g/mol. The second-order valence-electron chi connectivity index (χ2n) is 6.49. The van der Waals surface area contributed by atoms with Crippen molar-refractivity contribution in [3.63, 3.8) is 0 Å². The number of carboxylic acids is 1. The zero-order valence-electron chi connectivity index (χ0n) is 11.9. The Hall–Kier alpha value is -1.25. The van der Waals surface area contributed by atoms with E-state index in [0.717, 1.165) is 0 Å². The molecule has 0 aromatic carbocycles. The first-order valence-electron chi connectivity index (χ1n) is 7.06. The predicted octanol–water partition coefficient (Wildman–Crippen LogP) is 3.54. The van der Waals surface area contributed by atoms with Gasteiger partial charge >= 0.3 is 18.3 Å². The lowest BCUT2D eigenvalue weighted by Crippen LogP contribution is -2.58. The average molecular weight is 346 g/mol. The Morgan fingerprint density at radius 1 is 1.04 bits per heavy atom. The summed E-state index contributed by atoms with van der Waals surface area (Å²) in [5.74, 6) is -3.73. The molecule has 0 spiro atoms. The number of halogens is 6. The minimum absolute atomic E-state index is 0.128. The molecule has 2 bridgehead atoms. The van der Waals surface area contributed by atoms with Crippen molar-refractivity contribution in [2.24, 2.45) is 23.7 Å². The van der Waals surface area contributed by atoms with E-state index in [-0.39, 0.29) is 17.9 Å². The molecule has 132 valence electrons. The maximum atomic E-state index is 12.8. The van der Waals surface area contributed by atoms with Gasteiger partial charge in [-0.05, 0) is 49.4 Å². The summed E-state index contributed by atoms with van der Waals surface area (Å²) in [7, 11) is 0. The Morgan fingerprint density at radius 2 is 1.57 bits per heavy atom. The van der Waals surface area contributed by atoms with E-state index in [1.165, 1.54) is 0 Å². The lowest BCUT2D eigenvalue weighted by Gasteiger charge is -2.38. The second kappa shape index (κ2) is 5.39. The van der Waals surface area contributed by atoms with Crippen LogP contribution in [0.5, 0.6) is 0 Å². The highest BCUT2D eigenvalue weighted by Gasteiger charge is 2.71. The van der Waals surface area contributed by atoms with Crippen LogP contribution in [0.25, 0.3) is 0 Å². The van der Waals surface area contributed by atoms with Crippen molar-refractivity contribution < 1.29 is 41.4 Å². The number of carboxylic acid groups (broad SMARTS) is 1. The Morgan fingerprint density at radius 3 is 1.96 bits per heavy atom. The minimum Gasteiger partial charge on any atom is -0.478 e. The summed E-state index contributed by atoms with van der Waals surface area (Å²) in [6, 6.07) is 0. The first-order chi connectivity index (χ1) is 10.3. The highest BCUT2D eigenvalue weighted by molar-refractivity contribution is 5.86. The number of rotatable bonds is 4. The van der Waals surface area contributed by atoms with E-state index in [0.29, 0.717) is 12.8 Å². The molecule has 0 saturated heterocycles. The third kappa shape index (κ3) is 2.95. The second-order valence-corrected chi connectivity index (χ2v) is 6.49. The van der Waals surface area contributed by atoms with Gasteiger partial charge in [-0.2, -0.15) is 26.3 Å². The van der Waals surface area contributed by atoms with Gasteiger partial charge in [0.15, 0.2) is 0 Å². The number of alkyl halides is 6. The van der Waals surface area contributed by atoms with E-state index < -0.39 is 48.1 Å². The molecule has 23 heavy (non-hydrogen) atoms. The lowest BCUT2D eigenvalue weighted by molar-refractivity contribution is -0.373. The van der Waals surface area contributed by atoms with E-state index in [9.17, 15) is 36.2 Å². The Kier molecular flexibility index (Phi) is 4.24. The fourth-order valence-electron chi connectivity index (χ4n) is 4.06. The van der Waals surface area contributed by atoms with Crippen LogP contribution in [0.4, 0.5) is 26.3 Å². The van der Waals surface area contributed by atoms with Crippen molar-refractivity contribution in [1.29, 1.82) is 0 Å². The van der Waals surface area contributed by atoms with Crippen molar-refractivity contribution in [1.82, 2.24) is 0 Å². The van der Waals surface area contributed by atoms with Gasteiger partial charge in [0.25, 0.3) is 5.60 Å². The average Bonchev–Trinajstić information content (AvgIpc) is 2.94. The highest BCUT2D eigenvalue weighted by atomic mass is 19.4. The fourth-order valence-corrected chi connectivity index (χ4v) is 4.06. The molecule has 2 fully saturated rings. The summed E-state index contributed by atoms with van der Waals surface area (Å²) in [5.41, 5.74) is -4.96. The molecule has 2 N–H and O–H groups in total. The van der Waals surface area contributed by atoms with Crippen LogP contribution in [0, 0.1) is 23.7 Å². The third-order valence-electron chi connectivity index (χ3n) is 5.17. The number of fused-ring (bicyclic) bond motifs is 2. The quantitative estimate of drug-likeness (QED) is 0.605. The van der Waals surface area contributed by atoms with E-state index in [1.807, 2.05) is 0 Å². The van der Waals surface area contributed by atoms with Gasteiger partial charge in [0.1, 0.15) is 0 Å². The molecule has 9 heteroatoms. The summed E-state index contributed by atoms with van der Waals surface area (Å²) in [6.45, 7) is 3.38. The van der Waals surface area contributed by atoms with Gasteiger partial charge in [-0.3, -0.25) is 0 Å². The number of hydrogen-bond donors (Lipinski definition) is 2. The van der Waals surface area contributed by atoms with E-state index in [2.05, 4.69) is 6.58 Å². The van der Waals surface area contributed by atoms with Crippen LogP contribution in [-0.2, 0) is 4.79 Å². The molecule has 3 nitrogen and oxygen atoms in total. The molecular formula is C14H16F6O3. The molecule has 2 aliphatic rings. The standard InChI is InChI=1S/C14H16F6O3/c1-6(11(21)22)9-3-7-2-8(10(9)4-7)5-12(23,13(15,16)17)14(18,19)20/h7-10,23H,1-5H2,(H,21,22).